The lowest BCUT2D eigenvalue weighted by Crippen LogP contribution is -2.28. The Morgan fingerprint density at radius 3 is 2.67 bits per heavy atom. The van der Waals surface area contributed by atoms with Crippen LogP contribution >= 0.6 is 15.9 Å². The molecule has 1 aromatic carbocycles. The molecule has 1 amide bonds. The van der Waals surface area contributed by atoms with Crippen LogP contribution in [0.5, 0.6) is 5.75 Å². The summed E-state index contributed by atoms with van der Waals surface area (Å²) in [4.78, 5) is 14.2. The molecule has 0 N–H and O–H groups in total. The van der Waals surface area contributed by atoms with Crippen LogP contribution in [0.2, 0.25) is 0 Å². The fraction of sp³-hybridized carbons (Fsp3) is 0.312. The van der Waals surface area contributed by atoms with E-state index in [0.717, 1.165) is 21.3 Å². The number of carbonyl (C=O) groups excluding carboxylic acids is 1. The molecule has 0 unspecified atom stereocenters. The third-order valence-corrected chi connectivity index (χ3v) is 3.81. The Kier molecular flexibility index (Phi) is 4.73. The maximum atomic E-state index is 12.5. The second-order valence-corrected chi connectivity index (χ2v) is 6.05. The third kappa shape index (κ3) is 3.47. The Morgan fingerprint density at radius 1 is 1.38 bits per heavy atom. The van der Waals surface area contributed by atoms with Gasteiger partial charge in [0, 0.05) is 36.9 Å². The van der Waals surface area contributed by atoms with Gasteiger partial charge in [-0.05, 0) is 35.0 Å². The predicted molar refractivity (Wildman–Crippen MR) is 86.6 cm³/mol. The highest BCUT2D eigenvalue weighted by atomic mass is 79.9. The van der Waals surface area contributed by atoms with Gasteiger partial charge in [-0.15, -0.1) is 0 Å². The molecule has 0 fully saturated rings. The fourth-order valence-corrected chi connectivity index (χ4v) is 2.81. The van der Waals surface area contributed by atoms with Gasteiger partial charge in [0.2, 0.25) is 0 Å². The normalized spacial score (nSPS) is 10.5. The van der Waals surface area contributed by atoms with E-state index in [1.807, 2.05) is 49.0 Å². The zero-order valence-corrected chi connectivity index (χ0v) is 14.3. The van der Waals surface area contributed by atoms with Crippen molar-refractivity contribution in [2.45, 2.75) is 13.5 Å². The Balaban J connectivity index is 2.21. The second-order valence-electron chi connectivity index (χ2n) is 5.13. The molecule has 1 aromatic heterocycles. The van der Waals surface area contributed by atoms with E-state index in [2.05, 4.69) is 15.9 Å². The van der Waals surface area contributed by atoms with Crippen molar-refractivity contribution in [3.05, 3.63) is 51.8 Å². The zero-order valence-electron chi connectivity index (χ0n) is 12.7. The minimum Gasteiger partial charge on any atom is -0.496 e. The summed E-state index contributed by atoms with van der Waals surface area (Å²) in [5.74, 6) is 0.778. The molecule has 0 atom stereocenters. The van der Waals surface area contributed by atoms with Crippen LogP contribution in [0.3, 0.4) is 0 Å². The van der Waals surface area contributed by atoms with Gasteiger partial charge in [0.05, 0.1) is 7.11 Å². The van der Waals surface area contributed by atoms with Crippen LogP contribution in [0.25, 0.3) is 0 Å². The van der Waals surface area contributed by atoms with Crippen LogP contribution in [0.15, 0.2) is 34.9 Å². The van der Waals surface area contributed by atoms with E-state index in [1.165, 1.54) is 0 Å². The summed E-state index contributed by atoms with van der Waals surface area (Å²) in [5, 5.41) is 0. The van der Waals surface area contributed by atoms with Crippen molar-refractivity contribution in [1.29, 1.82) is 0 Å². The number of hydrogen-bond donors (Lipinski definition) is 0. The molecule has 0 aliphatic heterocycles. The Labute approximate surface area is 133 Å². The summed E-state index contributed by atoms with van der Waals surface area (Å²) in [6, 6.07) is 7.80. The summed E-state index contributed by atoms with van der Waals surface area (Å²) in [5.41, 5.74) is 2.80. The Bertz CT molecular complexity index is 664. The van der Waals surface area contributed by atoms with Gasteiger partial charge in [-0.25, -0.2) is 0 Å². The van der Waals surface area contributed by atoms with Gasteiger partial charge in [-0.1, -0.05) is 17.7 Å². The number of halogens is 1. The summed E-state index contributed by atoms with van der Waals surface area (Å²) < 4.78 is 8.08. The molecule has 0 radical (unpaired) electrons. The predicted octanol–water partition coefficient (Wildman–Crippen LogP) is 3.38. The van der Waals surface area contributed by atoms with Gasteiger partial charge < -0.3 is 14.2 Å². The molecule has 4 nitrogen and oxygen atoms in total. The van der Waals surface area contributed by atoms with E-state index in [9.17, 15) is 4.79 Å². The number of aromatic nitrogens is 1. The van der Waals surface area contributed by atoms with E-state index >= 15 is 0 Å². The molecule has 2 aromatic rings. The van der Waals surface area contributed by atoms with E-state index in [0.29, 0.717) is 12.2 Å². The van der Waals surface area contributed by atoms with Crippen LogP contribution in [-0.4, -0.2) is 29.5 Å². The quantitative estimate of drug-likeness (QED) is 0.846. The summed E-state index contributed by atoms with van der Waals surface area (Å²) in [6.07, 6.45) is 1.87. The van der Waals surface area contributed by atoms with Crippen LogP contribution in [-0.2, 0) is 13.6 Å². The summed E-state index contributed by atoms with van der Waals surface area (Å²) in [7, 11) is 5.30. The first-order chi connectivity index (χ1) is 9.92. The number of aryl methyl sites for hydroxylation is 2. The van der Waals surface area contributed by atoms with Crippen molar-refractivity contribution in [2.75, 3.05) is 14.2 Å². The summed E-state index contributed by atoms with van der Waals surface area (Å²) in [6.45, 7) is 2.53. The van der Waals surface area contributed by atoms with Crippen molar-refractivity contribution < 1.29 is 9.53 Å². The lowest BCUT2D eigenvalue weighted by Gasteiger charge is -2.19. The monoisotopic (exact) mass is 350 g/mol. The van der Waals surface area contributed by atoms with Crippen molar-refractivity contribution in [2.24, 2.45) is 7.05 Å². The smallest absolute Gasteiger partial charge is 0.270 e. The molecule has 2 rings (SSSR count). The lowest BCUT2D eigenvalue weighted by atomic mass is 10.1. The maximum absolute atomic E-state index is 12.5. The van der Waals surface area contributed by atoms with Crippen molar-refractivity contribution in [3.8, 4) is 5.75 Å². The largest absolute Gasteiger partial charge is 0.496 e. The number of methoxy groups -OCH3 is 1. The standard InChI is InChI=1S/C16H19BrN2O2/c1-11-5-6-15(21-4)12(7-11)9-19(3)16(20)14-8-13(17)10-18(14)2/h5-8,10H,9H2,1-4H3. The number of ether oxygens (including phenoxy) is 1. The van der Waals surface area contributed by atoms with Crippen LogP contribution in [0.1, 0.15) is 21.6 Å². The van der Waals surface area contributed by atoms with E-state index in [-0.39, 0.29) is 5.91 Å². The fourth-order valence-electron chi connectivity index (χ4n) is 2.29. The van der Waals surface area contributed by atoms with E-state index in [1.54, 1.807) is 19.1 Å². The van der Waals surface area contributed by atoms with Crippen LogP contribution < -0.4 is 4.74 Å². The van der Waals surface area contributed by atoms with Gasteiger partial charge in [0.25, 0.3) is 5.91 Å². The average Bonchev–Trinajstić information content (AvgIpc) is 2.77. The van der Waals surface area contributed by atoms with Gasteiger partial charge >= 0.3 is 0 Å². The minimum absolute atomic E-state index is 0.0215. The third-order valence-electron chi connectivity index (χ3n) is 3.38. The molecule has 0 bridgehead atoms. The number of benzene rings is 1. The van der Waals surface area contributed by atoms with E-state index < -0.39 is 0 Å². The van der Waals surface area contributed by atoms with Gasteiger partial charge in [0.15, 0.2) is 0 Å². The highest BCUT2D eigenvalue weighted by Crippen LogP contribution is 2.22. The van der Waals surface area contributed by atoms with Gasteiger partial charge in [0.1, 0.15) is 11.4 Å². The number of amides is 1. The molecule has 0 saturated heterocycles. The molecule has 21 heavy (non-hydrogen) atoms. The number of carbonyl (C=O) groups is 1. The Hall–Kier alpha value is -1.75. The SMILES string of the molecule is COc1ccc(C)cc1CN(C)C(=O)c1cc(Br)cn1C. The average molecular weight is 351 g/mol. The minimum atomic E-state index is -0.0215. The molecular formula is C16H19BrN2O2. The molecule has 5 heteroatoms. The number of nitrogens with zero attached hydrogens (tertiary/aromatic N) is 2. The maximum Gasteiger partial charge on any atom is 0.270 e. The van der Waals surface area contributed by atoms with Gasteiger partial charge in [-0.3, -0.25) is 4.79 Å². The molecule has 0 spiro atoms. The van der Waals surface area contributed by atoms with Gasteiger partial charge in [-0.2, -0.15) is 0 Å². The molecule has 0 saturated carbocycles. The lowest BCUT2D eigenvalue weighted by molar-refractivity contribution is 0.0774. The highest BCUT2D eigenvalue weighted by molar-refractivity contribution is 9.10. The molecule has 0 aliphatic carbocycles. The van der Waals surface area contributed by atoms with Crippen LogP contribution in [0.4, 0.5) is 0 Å². The first-order valence-corrected chi connectivity index (χ1v) is 7.42. The number of rotatable bonds is 4. The van der Waals surface area contributed by atoms with Crippen molar-refractivity contribution in [3.63, 3.8) is 0 Å². The topological polar surface area (TPSA) is 34.5 Å². The first kappa shape index (κ1) is 15.6. The molecule has 0 aliphatic rings. The highest BCUT2D eigenvalue weighted by Gasteiger charge is 2.17. The number of hydrogen-bond acceptors (Lipinski definition) is 2. The second kappa shape index (κ2) is 6.35. The van der Waals surface area contributed by atoms with E-state index in [4.69, 9.17) is 4.74 Å². The molecule has 112 valence electrons. The zero-order chi connectivity index (χ0) is 15.6. The summed E-state index contributed by atoms with van der Waals surface area (Å²) >= 11 is 3.39. The molecule has 1 heterocycles. The Morgan fingerprint density at radius 2 is 2.10 bits per heavy atom. The van der Waals surface area contributed by atoms with Crippen molar-refractivity contribution in [1.82, 2.24) is 9.47 Å². The van der Waals surface area contributed by atoms with Crippen molar-refractivity contribution >= 4 is 21.8 Å². The van der Waals surface area contributed by atoms with Crippen LogP contribution in [0, 0.1) is 6.92 Å². The molecular weight excluding hydrogens is 332 g/mol. The first-order valence-electron chi connectivity index (χ1n) is 6.63.